The molecule has 0 unspecified atom stereocenters. The number of methoxy groups -OCH3 is 2. The molecule has 0 radical (unpaired) electrons. The van der Waals surface area contributed by atoms with Crippen LogP contribution < -0.4 is 5.32 Å². The average Bonchev–Trinajstić information content (AvgIpc) is 2.21. The van der Waals surface area contributed by atoms with Crippen molar-refractivity contribution in [1.82, 2.24) is 10.2 Å². The van der Waals surface area contributed by atoms with E-state index < -0.39 is 5.97 Å². The Labute approximate surface area is 94.9 Å². The third-order valence-corrected chi connectivity index (χ3v) is 2.56. The highest BCUT2D eigenvalue weighted by Gasteiger charge is 2.30. The summed E-state index contributed by atoms with van der Waals surface area (Å²) in [5, 5.41) is 3.03. The van der Waals surface area contributed by atoms with Gasteiger partial charge >= 0.3 is 5.97 Å². The Kier molecular flexibility index (Phi) is 5.21. The number of esters is 1. The van der Waals surface area contributed by atoms with E-state index in [9.17, 15) is 9.59 Å². The minimum absolute atomic E-state index is 0.00477. The second kappa shape index (κ2) is 6.44. The van der Waals surface area contributed by atoms with Crippen LogP contribution in [0.15, 0.2) is 0 Å². The number of hydrogen-bond donors (Lipinski definition) is 1. The van der Waals surface area contributed by atoms with E-state index in [-0.39, 0.29) is 18.4 Å². The summed E-state index contributed by atoms with van der Waals surface area (Å²) in [6.07, 6.45) is 0. The first-order valence-electron chi connectivity index (χ1n) is 5.24. The molecule has 0 spiro atoms. The molecule has 1 heterocycles. The molecule has 16 heavy (non-hydrogen) atoms. The molecule has 0 saturated carbocycles. The van der Waals surface area contributed by atoms with Crippen molar-refractivity contribution in [3.05, 3.63) is 0 Å². The molecule has 1 aliphatic rings. The Morgan fingerprint density at radius 3 is 2.50 bits per heavy atom. The van der Waals surface area contributed by atoms with Gasteiger partial charge in [-0.1, -0.05) is 0 Å². The van der Waals surface area contributed by atoms with E-state index in [0.29, 0.717) is 26.2 Å². The molecule has 0 aromatic rings. The molecule has 1 rings (SSSR count). The molecule has 92 valence electrons. The lowest BCUT2D eigenvalue weighted by molar-refractivity contribution is -0.149. The number of nitrogens with one attached hydrogen (secondary N) is 1. The van der Waals surface area contributed by atoms with Gasteiger partial charge in [-0.2, -0.15) is 0 Å². The zero-order valence-electron chi connectivity index (χ0n) is 9.69. The molecule has 1 N–H and O–H groups in total. The first-order valence-corrected chi connectivity index (χ1v) is 5.24. The first kappa shape index (κ1) is 12.9. The van der Waals surface area contributed by atoms with Crippen molar-refractivity contribution < 1.29 is 19.1 Å². The SMILES string of the molecule is COCCN(CC(=O)OC)C(=O)C1CNC1. The van der Waals surface area contributed by atoms with Crippen LogP contribution in [0.1, 0.15) is 0 Å². The minimum atomic E-state index is -0.406. The molecule has 6 heteroatoms. The fraction of sp³-hybridized carbons (Fsp3) is 0.800. The van der Waals surface area contributed by atoms with E-state index in [0.717, 1.165) is 0 Å². The van der Waals surface area contributed by atoms with Crippen LogP contribution >= 0.6 is 0 Å². The molecule has 0 bridgehead atoms. The third kappa shape index (κ3) is 3.46. The van der Waals surface area contributed by atoms with Gasteiger partial charge in [0.1, 0.15) is 6.54 Å². The number of carbonyl (C=O) groups excluding carboxylic acids is 2. The van der Waals surface area contributed by atoms with Gasteiger partial charge in [-0.25, -0.2) is 0 Å². The van der Waals surface area contributed by atoms with E-state index in [2.05, 4.69) is 10.1 Å². The van der Waals surface area contributed by atoms with Gasteiger partial charge in [-0.15, -0.1) is 0 Å². The monoisotopic (exact) mass is 230 g/mol. The van der Waals surface area contributed by atoms with E-state index in [1.807, 2.05) is 0 Å². The van der Waals surface area contributed by atoms with Gasteiger partial charge in [-0.05, 0) is 0 Å². The predicted octanol–water partition coefficient (Wildman–Crippen LogP) is -1.15. The Hall–Kier alpha value is -1.14. The number of amides is 1. The Morgan fingerprint density at radius 2 is 2.06 bits per heavy atom. The summed E-state index contributed by atoms with van der Waals surface area (Å²) in [6, 6.07) is 0. The number of rotatable bonds is 6. The van der Waals surface area contributed by atoms with Crippen LogP contribution in [0.4, 0.5) is 0 Å². The number of carbonyl (C=O) groups is 2. The average molecular weight is 230 g/mol. The summed E-state index contributed by atoms with van der Waals surface area (Å²) in [4.78, 5) is 24.5. The van der Waals surface area contributed by atoms with Gasteiger partial charge in [0.05, 0.1) is 19.6 Å². The lowest BCUT2D eigenvalue weighted by atomic mass is 10.0. The normalized spacial score (nSPS) is 15.4. The van der Waals surface area contributed by atoms with Crippen LogP contribution in [-0.2, 0) is 19.1 Å². The number of hydrogen-bond acceptors (Lipinski definition) is 5. The van der Waals surface area contributed by atoms with Crippen molar-refractivity contribution in [2.24, 2.45) is 5.92 Å². The lowest BCUT2D eigenvalue weighted by Gasteiger charge is -2.31. The van der Waals surface area contributed by atoms with Crippen molar-refractivity contribution in [2.45, 2.75) is 0 Å². The molecular weight excluding hydrogens is 212 g/mol. The van der Waals surface area contributed by atoms with Crippen LogP contribution in [0.3, 0.4) is 0 Å². The summed E-state index contributed by atoms with van der Waals surface area (Å²) in [6.45, 7) is 2.20. The van der Waals surface area contributed by atoms with Crippen molar-refractivity contribution >= 4 is 11.9 Å². The smallest absolute Gasteiger partial charge is 0.325 e. The maximum Gasteiger partial charge on any atom is 0.325 e. The second-order valence-electron chi connectivity index (χ2n) is 3.68. The van der Waals surface area contributed by atoms with Gasteiger partial charge in [0.2, 0.25) is 5.91 Å². The van der Waals surface area contributed by atoms with Crippen LogP contribution in [0, 0.1) is 5.92 Å². The zero-order chi connectivity index (χ0) is 12.0. The van der Waals surface area contributed by atoms with Gasteiger partial charge in [0, 0.05) is 26.7 Å². The molecule has 0 aliphatic carbocycles. The Morgan fingerprint density at radius 1 is 1.38 bits per heavy atom. The minimum Gasteiger partial charge on any atom is -0.468 e. The fourth-order valence-electron chi connectivity index (χ4n) is 1.41. The quantitative estimate of drug-likeness (QED) is 0.584. The first-order chi connectivity index (χ1) is 7.69. The van der Waals surface area contributed by atoms with E-state index in [1.165, 1.54) is 12.0 Å². The molecule has 1 fully saturated rings. The highest BCUT2D eigenvalue weighted by molar-refractivity contribution is 5.84. The molecule has 0 aromatic carbocycles. The summed E-state index contributed by atoms with van der Waals surface area (Å²) < 4.78 is 9.46. The molecule has 1 saturated heterocycles. The standard InChI is InChI=1S/C10H18N2O4/c1-15-4-3-12(7-9(13)16-2)10(14)8-5-11-6-8/h8,11H,3-7H2,1-2H3. The molecular formula is C10H18N2O4. The van der Waals surface area contributed by atoms with Crippen LogP contribution in [0.25, 0.3) is 0 Å². The van der Waals surface area contributed by atoms with Crippen molar-refractivity contribution in [2.75, 3.05) is 47.0 Å². The predicted molar refractivity (Wildman–Crippen MR) is 56.8 cm³/mol. The van der Waals surface area contributed by atoms with Crippen LogP contribution in [0.5, 0.6) is 0 Å². The molecule has 1 aliphatic heterocycles. The number of ether oxygens (including phenoxy) is 2. The van der Waals surface area contributed by atoms with Crippen LogP contribution in [-0.4, -0.2) is 63.8 Å². The topological polar surface area (TPSA) is 67.9 Å². The molecule has 0 atom stereocenters. The van der Waals surface area contributed by atoms with Crippen molar-refractivity contribution in [3.8, 4) is 0 Å². The van der Waals surface area contributed by atoms with Crippen LogP contribution in [0.2, 0.25) is 0 Å². The van der Waals surface area contributed by atoms with Gasteiger partial charge < -0.3 is 19.7 Å². The summed E-state index contributed by atoms with van der Waals surface area (Å²) in [5.74, 6) is -0.431. The maximum atomic E-state index is 11.9. The molecule has 6 nitrogen and oxygen atoms in total. The van der Waals surface area contributed by atoms with Gasteiger partial charge in [-0.3, -0.25) is 9.59 Å². The highest BCUT2D eigenvalue weighted by atomic mass is 16.5. The zero-order valence-corrected chi connectivity index (χ0v) is 9.69. The third-order valence-electron chi connectivity index (χ3n) is 2.56. The maximum absolute atomic E-state index is 11.9. The van der Waals surface area contributed by atoms with Crippen molar-refractivity contribution in [3.63, 3.8) is 0 Å². The van der Waals surface area contributed by atoms with E-state index >= 15 is 0 Å². The Bertz CT molecular complexity index is 253. The van der Waals surface area contributed by atoms with Gasteiger partial charge in [0.25, 0.3) is 0 Å². The highest BCUT2D eigenvalue weighted by Crippen LogP contribution is 2.08. The molecule has 0 aromatic heterocycles. The fourth-order valence-corrected chi connectivity index (χ4v) is 1.41. The summed E-state index contributed by atoms with van der Waals surface area (Å²) >= 11 is 0. The van der Waals surface area contributed by atoms with Gasteiger partial charge in [0.15, 0.2) is 0 Å². The van der Waals surface area contributed by atoms with Crippen molar-refractivity contribution in [1.29, 1.82) is 0 Å². The number of nitrogens with zero attached hydrogens (tertiary/aromatic N) is 1. The second-order valence-corrected chi connectivity index (χ2v) is 3.68. The largest absolute Gasteiger partial charge is 0.468 e. The summed E-state index contributed by atoms with van der Waals surface area (Å²) in [5.41, 5.74) is 0. The van der Waals surface area contributed by atoms with E-state index in [1.54, 1.807) is 7.11 Å². The Balaban J connectivity index is 2.47. The summed E-state index contributed by atoms with van der Waals surface area (Å²) in [7, 11) is 2.87. The lowest BCUT2D eigenvalue weighted by Crippen LogP contribution is -2.53. The molecule has 1 amide bonds. The van der Waals surface area contributed by atoms with E-state index in [4.69, 9.17) is 4.74 Å².